The van der Waals surface area contributed by atoms with Crippen LogP contribution in [0.4, 0.5) is 0 Å². The molecule has 18 heavy (non-hydrogen) atoms. The van der Waals surface area contributed by atoms with Gasteiger partial charge in [-0.25, -0.2) is 0 Å². The minimum Gasteiger partial charge on any atom is -0.302 e. The Morgan fingerprint density at radius 1 is 1.28 bits per heavy atom. The van der Waals surface area contributed by atoms with E-state index >= 15 is 0 Å². The van der Waals surface area contributed by atoms with Crippen LogP contribution < -0.4 is 0 Å². The van der Waals surface area contributed by atoms with E-state index in [0.29, 0.717) is 12.5 Å². The van der Waals surface area contributed by atoms with Crippen LogP contribution in [0.3, 0.4) is 0 Å². The fourth-order valence-electron chi connectivity index (χ4n) is 1.46. The summed E-state index contributed by atoms with van der Waals surface area (Å²) in [5.41, 5.74) is 1.17. The van der Waals surface area contributed by atoms with E-state index in [0.717, 1.165) is 32.5 Å². The largest absolute Gasteiger partial charge is 0.302 e. The predicted molar refractivity (Wildman–Crippen MR) is 78.8 cm³/mol. The van der Waals surface area contributed by atoms with Crippen LogP contribution in [0.15, 0.2) is 24.3 Å². The Morgan fingerprint density at radius 3 is 2.44 bits per heavy atom. The van der Waals surface area contributed by atoms with Crippen molar-refractivity contribution in [2.45, 2.75) is 20.8 Å². The molecule has 0 heterocycles. The lowest BCUT2D eigenvalue weighted by Gasteiger charge is -2.21. The zero-order valence-electron chi connectivity index (χ0n) is 12.4. The standard InChI is InChI=1S/C15H28N2O/c1-6-17(12-13-18)11-10-16(5)9-7-8-15(4)14(2)3/h7-8,13-14H,4,6,9-12H2,1-3,5H3/b8-7+. The first-order valence-electron chi connectivity index (χ1n) is 6.71. The molecule has 0 saturated heterocycles. The monoisotopic (exact) mass is 252 g/mol. The van der Waals surface area contributed by atoms with Gasteiger partial charge in [-0.15, -0.1) is 0 Å². The summed E-state index contributed by atoms with van der Waals surface area (Å²) in [4.78, 5) is 14.8. The van der Waals surface area contributed by atoms with E-state index in [1.807, 2.05) is 0 Å². The van der Waals surface area contributed by atoms with Gasteiger partial charge in [-0.3, -0.25) is 4.90 Å². The molecule has 0 aromatic heterocycles. The third-order valence-electron chi connectivity index (χ3n) is 3.07. The van der Waals surface area contributed by atoms with Gasteiger partial charge in [0.2, 0.25) is 0 Å². The fraction of sp³-hybridized carbons (Fsp3) is 0.667. The molecule has 0 fully saturated rings. The maximum Gasteiger partial charge on any atom is 0.133 e. The van der Waals surface area contributed by atoms with Crippen LogP contribution in [0.5, 0.6) is 0 Å². The summed E-state index contributed by atoms with van der Waals surface area (Å²) < 4.78 is 0. The molecule has 0 atom stereocenters. The smallest absolute Gasteiger partial charge is 0.133 e. The number of hydrogen-bond acceptors (Lipinski definition) is 3. The van der Waals surface area contributed by atoms with Gasteiger partial charge in [-0.2, -0.15) is 0 Å². The zero-order valence-corrected chi connectivity index (χ0v) is 12.4. The quantitative estimate of drug-likeness (QED) is 0.440. The minimum absolute atomic E-state index is 0.509. The van der Waals surface area contributed by atoms with E-state index in [4.69, 9.17) is 0 Å². The Balaban J connectivity index is 3.86. The van der Waals surface area contributed by atoms with Crippen LogP contribution in [0.2, 0.25) is 0 Å². The highest BCUT2D eigenvalue weighted by molar-refractivity contribution is 5.51. The molecule has 0 aliphatic heterocycles. The van der Waals surface area contributed by atoms with Gasteiger partial charge in [-0.1, -0.05) is 45.1 Å². The third kappa shape index (κ3) is 8.20. The molecule has 0 bridgehead atoms. The molecule has 0 radical (unpaired) electrons. The van der Waals surface area contributed by atoms with Crippen LogP contribution >= 0.6 is 0 Å². The molecule has 3 nitrogen and oxygen atoms in total. The summed E-state index contributed by atoms with van der Waals surface area (Å²) in [6, 6.07) is 0. The summed E-state index contributed by atoms with van der Waals surface area (Å²) in [5.74, 6) is 0.509. The molecule has 0 amide bonds. The van der Waals surface area contributed by atoms with E-state index in [9.17, 15) is 4.79 Å². The molecule has 0 unspecified atom stereocenters. The number of allylic oxidation sites excluding steroid dienone is 2. The molecule has 0 aromatic carbocycles. The van der Waals surface area contributed by atoms with Crippen LogP contribution in [-0.4, -0.2) is 55.9 Å². The Bertz CT molecular complexity index is 272. The van der Waals surface area contributed by atoms with Crippen molar-refractivity contribution in [3.63, 3.8) is 0 Å². The van der Waals surface area contributed by atoms with Crippen LogP contribution in [-0.2, 0) is 4.79 Å². The van der Waals surface area contributed by atoms with Crippen molar-refractivity contribution < 1.29 is 4.79 Å². The number of likely N-dealkylation sites (N-methyl/N-ethyl adjacent to an activating group) is 2. The molecule has 0 spiro atoms. The highest BCUT2D eigenvalue weighted by Gasteiger charge is 2.03. The maximum absolute atomic E-state index is 10.5. The average molecular weight is 252 g/mol. The predicted octanol–water partition coefficient (Wildman–Crippen LogP) is 2.21. The van der Waals surface area contributed by atoms with Crippen LogP contribution in [0, 0.1) is 5.92 Å². The van der Waals surface area contributed by atoms with E-state index in [2.05, 4.69) is 56.3 Å². The highest BCUT2D eigenvalue weighted by Crippen LogP contribution is 2.07. The minimum atomic E-state index is 0.509. The van der Waals surface area contributed by atoms with Gasteiger partial charge in [0.1, 0.15) is 6.29 Å². The van der Waals surface area contributed by atoms with Gasteiger partial charge >= 0.3 is 0 Å². The van der Waals surface area contributed by atoms with Crippen molar-refractivity contribution in [2.75, 3.05) is 39.8 Å². The molecule has 0 aromatic rings. The van der Waals surface area contributed by atoms with Gasteiger partial charge in [-0.05, 0) is 19.5 Å². The van der Waals surface area contributed by atoms with E-state index in [1.165, 1.54) is 5.57 Å². The summed E-state index contributed by atoms with van der Waals surface area (Å²) in [6.07, 6.45) is 5.22. The van der Waals surface area contributed by atoms with E-state index in [-0.39, 0.29) is 0 Å². The summed E-state index contributed by atoms with van der Waals surface area (Å²) in [7, 11) is 2.09. The van der Waals surface area contributed by atoms with Gasteiger partial charge in [0, 0.05) is 19.6 Å². The Hall–Kier alpha value is -0.930. The second-order valence-corrected chi connectivity index (χ2v) is 4.95. The topological polar surface area (TPSA) is 23.6 Å². The SMILES string of the molecule is C=C(/C=C/CN(C)CCN(CC)CC=O)C(C)C. The van der Waals surface area contributed by atoms with E-state index < -0.39 is 0 Å². The van der Waals surface area contributed by atoms with Crippen molar-refractivity contribution in [3.8, 4) is 0 Å². The molecule has 0 aliphatic rings. The van der Waals surface area contributed by atoms with Crippen LogP contribution in [0.1, 0.15) is 20.8 Å². The van der Waals surface area contributed by atoms with Crippen molar-refractivity contribution in [1.82, 2.24) is 9.80 Å². The zero-order chi connectivity index (χ0) is 14.0. The van der Waals surface area contributed by atoms with Crippen molar-refractivity contribution in [1.29, 1.82) is 0 Å². The second kappa shape index (κ2) is 10.0. The summed E-state index contributed by atoms with van der Waals surface area (Å²) >= 11 is 0. The number of carbonyl (C=O) groups is 1. The number of hydrogen-bond donors (Lipinski definition) is 0. The number of nitrogens with zero attached hydrogens (tertiary/aromatic N) is 2. The van der Waals surface area contributed by atoms with Gasteiger partial charge in [0.25, 0.3) is 0 Å². The summed E-state index contributed by atoms with van der Waals surface area (Å²) in [6.45, 7) is 14.7. The van der Waals surface area contributed by atoms with Gasteiger partial charge in [0.15, 0.2) is 0 Å². The summed E-state index contributed by atoms with van der Waals surface area (Å²) in [5, 5.41) is 0. The van der Waals surface area contributed by atoms with Crippen molar-refractivity contribution in [2.24, 2.45) is 5.92 Å². The molecular weight excluding hydrogens is 224 g/mol. The molecule has 3 heteroatoms. The Labute approximate surface area is 112 Å². The first kappa shape index (κ1) is 17.1. The maximum atomic E-state index is 10.5. The lowest BCUT2D eigenvalue weighted by Crippen LogP contribution is -2.34. The van der Waals surface area contributed by atoms with Crippen molar-refractivity contribution >= 4 is 6.29 Å². The van der Waals surface area contributed by atoms with Gasteiger partial charge in [0.05, 0.1) is 6.54 Å². The Morgan fingerprint density at radius 2 is 1.94 bits per heavy atom. The molecule has 0 saturated carbocycles. The molecule has 0 N–H and O–H groups in total. The Kier molecular flexibility index (Phi) is 9.52. The molecular formula is C15H28N2O. The normalized spacial score (nSPS) is 11.9. The van der Waals surface area contributed by atoms with Gasteiger partial charge < -0.3 is 9.69 Å². The van der Waals surface area contributed by atoms with Crippen LogP contribution in [0.25, 0.3) is 0 Å². The van der Waals surface area contributed by atoms with Crippen molar-refractivity contribution in [3.05, 3.63) is 24.3 Å². The lowest BCUT2D eigenvalue weighted by molar-refractivity contribution is -0.108. The molecule has 104 valence electrons. The fourth-order valence-corrected chi connectivity index (χ4v) is 1.46. The average Bonchev–Trinajstić information content (AvgIpc) is 2.34. The van der Waals surface area contributed by atoms with E-state index in [1.54, 1.807) is 0 Å². The number of aldehydes is 1. The first-order chi connectivity index (χ1) is 8.51. The first-order valence-corrected chi connectivity index (χ1v) is 6.71. The third-order valence-corrected chi connectivity index (χ3v) is 3.07. The highest BCUT2D eigenvalue weighted by atomic mass is 16.1. The molecule has 0 aliphatic carbocycles. The number of carbonyl (C=O) groups excluding carboxylic acids is 1. The lowest BCUT2D eigenvalue weighted by atomic mass is 10.1. The second-order valence-electron chi connectivity index (χ2n) is 4.95. The number of rotatable bonds is 10. The molecule has 0 rings (SSSR count).